The highest BCUT2D eigenvalue weighted by molar-refractivity contribution is 5.93. The molecule has 0 N–H and O–H groups in total. The van der Waals surface area contributed by atoms with Crippen molar-refractivity contribution in [3.8, 4) is 6.07 Å². The standard InChI is InChI=1S/C23H35N.C22H34.C21H35N.C20H32N2/c1-14-15(2)17(4)20(18(5)16(14)3)12-19(13-24)21(22(6,7)8)23(9,10)11;1-13-14(2)16(4)19-12-17(11-18(19)15(13)3)20(21(5,6)7)22(8,9)10;1-13-14(2)16(4)18(17(5)15(13)3)12-22-19(20(6,7)8)21(9,10)11;1-12-13(2)15(4)22-11-16(21-18(22)14(12)3)17(19(5,6)7)20(8,9)10/h12,21H,1-11H3;11,20H,12H2,1-10H3;12H2,1-11H3;11,17H,1-10H3/b19-12+;;;. The molecular weight excluding hydrogens is 1090 g/mol. The minimum absolute atomic E-state index is 0.0381. The van der Waals surface area contributed by atoms with Gasteiger partial charge < -0.3 is 4.40 Å². The highest BCUT2D eigenvalue weighted by Crippen LogP contribution is 2.51. The first-order valence-corrected chi connectivity index (χ1v) is 34.3. The fourth-order valence-corrected chi connectivity index (χ4v) is 16.9. The lowest BCUT2D eigenvalue weighted by atomic mass is 9.63. The zero-order valence-electron chi connectivity index (χ0n) is 66.7. The smallest absolute Gasteiger partial charge is 0.140 e. The van der Waals surface area contributed by atoms with Crippen LogP contribution in [0.1, 0.15) is 300 Å². The highest BCUT2D eigenvalue weighted by atomic mass is 15.0. The molecule has 4 heteroatoms. The molecule has 0 saturated carbocycles. The van der Waals surface area contributed by atoms with Crippen molar-refractivity contribution in [2.75, 3.05) is 0 Å². The highest BCUT2D eigenvalue weighted by Gasteiger charge is 2.41. The molecule has 2 heterocycles. The van der Waals surface area contributed by atoms with E-state index in [1.807, 2.05) is 0 Å². The van der Waals surface area contributed by atoms with E-state index in [-0.39, 0.29) is 49.2 Å². The molecule has 6 rings (SSSR count). The van der Waals surface area contributed by atoms with E-state index in [1.165, 1.54) is 128 Å². The molecule has 0 fully saturated rings. The van der Waals surface area contributed by atoms with Gasteiger partial charge in [-0.1, -0.05) is 178 Å². The topological polar surface area (TPSA) is 53.5 Å². The Hall–Kier alpha value is -5.01. The van der Waals surface area contributed by atoms with E-state index in [2.05, 4.69) is 320 Å². The fourth-order valence-electron chi connectivity index (χ4n) is 16.9. The lowest BCUT2D eigenvalue weighted by Gasteiger charge is -2.42. The molecule has 1 aliphatic rings. The molecule has 0 radical (unpaired) electrons. The van der Waals surface area contributed by atoms with E-state index < -0.39 is 0 Å². The number of rotatable bonds is 6. The van der Waals surface area contributed by atoms with E-state index in [4.69, 9.17) is 9.98 Å². The van der Waals surface area contributed by atoms with Crippen molar-refractivity contribution < 1.29 is 0 Å². The molecule has 4 nitrogen and oxygen atoms in total. The Morgan fingerprint density at radius 2 is 0.811 bits per heavy atom. The normalized spacial score (nSPS) is 13.6. The van der Waals surface area contributed by atoms with Crippen LogP contribution >= 0.6 is 0 Å². The van der Waals surface area contributed by atoms with Gasteiger partial charge in [-0.25, -0.2) is 4.98 Å². The number of hydrogen-bond acceptors (Lipinski definition) is 3. The quantitative estimate of drug-likeness (QED) is 0.126. The van der Waals surface area contributed by atoms with E-state index in [1.54, 1.807) is 11.1 Å². The molecule has 0 spiro atoms. The Balaban J connectivity index is 0.000000314. The summed E-state index contributed by atoms with van der Waals surface area (Å²) in [7, 11) is 0. The minimum atomic E-state index is 0.0381. The molecule has 500 valence electrons. The van der Waals surface area contributed by atoms with Crippen LogP contribution in [-0.4, -0.2) is 15.1 Å². The Morgan fingerprint density at radius 1 is 0.456 bits per heavy atom. The summed E-state index contributed by atoms with van der Waals surface area (Å²) in [5.41, 5.74) is 38.1. The summed E-state index contributed by atoms with van der Waals surface area (Å²) in [6.07, 6.45) is 8.09. The van der Waals surface area contributed by atoms with Gasteiger partial charge in [-0.2, -0.15) is 5.26 Å². The lowest BCUT2D eigenvalue weighted by Crippen LogP contribution is -2.34. The maximum absolute atomic E-state index is 9.94. The van der Waals surface area contributed by atoms with Gasteiger partial charge in [0, 0.05) is 45.8 Å². The van der Waals surface area contributed by atoms with Gasteiger partial charge in [0.2, 0.25) is 0 Å². The van der Waals surface area contributed by atoms with E-state index in [0.29, 0.717) is 11.8 Å². The number of nitrogens with zero attached hydrogens (tertiary/aromatic N) is 4. The number of aryl methyl sites for hydroxylation is 2. The minimum Gasteiger partial charge on any atom is -0.304 e. The zero-order chi connectivity index (χ0) is 70.6. The van der Waals surface area contributed by atoms with Crippen LogP contribution in [0.4, 0.5) is 0 Å². The summed E-state index contributed by atoms with van der Waals surface area (Å²) in [4.78, 5) is 10.2. The molecule has 0 unspecified atom stereocenters. The Morgan fingerprint density at radius 3 is 1.18 bits per heavy atom. The van der Waals surface area contributed by atoms with Crippen LogP contribution in [0.25, 0.3) is 17.8 Å². The van der Waals surface area contributed by atoms with Crippen molar-refractivity contribution in [3.05, 3.63) is 146 Å². The molecule has 0 amide bonds. The number of pyridine rings is 1. The molecule has 1 aliphatic carbocycles. The summed E-state index contributed by atoms with van der Waals surface area (Å²) >= 11 is 0. The molecule has 2 aromatic heterocycles. The van der Waals surface area contributed by atoms with Gasteiger partial charge in [0.05, 0.1) is 18.3 Å². The van der Waals surface area contributed by atoms with Gasteiger partial charge in [-0.15, -0.1) is 0 Å². The number of imidazole rings is 1. The van der Waals surface area contributed by atoms with Crippen molar-refractivity contribution in [1.29, 1.82) is 5.26 Å². The van der Waals surface area contributed by atoms with Crippen LogP contribution in [0, 0.1) is 191 Å². The molecule has 0 aliphatic heterocycles. The Labute approximate surface area is 556 Å². The first-order valence-electron chi connectivity index (χ1n) is 34.3. The van der Waals surface area contributed by atoms with E-state index in [9.17, 15) is 5.26 Å². The maximum atomic E-state index is 9.94. The van der Waals surface area contributed by atoms with Gasteiger partial charge in [-0.3, -0.25) is 4.99 Å². The SMILES string of the molecule is Cc1c(C)c(C)c(/C=C(\C#N)C(C(C)(C)C)C(C)(C)C)c(C)c1C.Cc1c(C)c(C)c(CN=C(C(C)(C)C)C(C)(C)C)c(C)c1C.Cc1c(C)c(C)c2c(c1C)C=C(C(C(C)(C)C)C(C)(C)C)C2.Cc1c(C)c(C)n2cc(C(C(C)(C)C)C(C)(C)C)nc2c1C. The largest absolute Gasteiger partial charge is 0.304 e. The number of fused-ring (bicyclic) bond motifs is 2. The Bertz CT molecular complexity index is 3410. The van der Waals surface area contributed by atoms with Crippen molar-refractivity contribution in [2.24, 2.45) is 60.1 Å². The van der Waals surface area contributed by atoms with Gasteiger partial charge >= 0.3 is 0 Å². The summed E-state index contributed by atoms with van der Waals surface area (Å²) < 4.78 is 2.29. The predicted molar refractivity (Wildman–Crippen MR) is 402 cm³/mol. The number of hydrogen-bond donors (Lipinski definition) is 0. The van der Waals surface area contributed by atoms with E-state index >= 15 is 0 Å². The van der Waals surface area contributed by atoms with Gasteiger partial charge in [0.1, 0.15) is 5.65 Å². The van der Waals surface area contributed by atoms with Crippen molar-refractivity contribution in [2.45, 2.75) is 310 Å². The number of aliphatic imine (C=N–C) groups is 1. The summed E-state index contributed by atoms with van der Waals surface area (Å²) in [6.45, 7) is 96.2. The van der Waals surface area contributed by atoms with Crippen LogP contribution in [0.2, 0.25) is 0 Å². The monoisotopic (exact) mass is 1230 g/mol. The second-order valence-electron chi connectivity index (χ2n) is 36.6. The summed E-state index contributed by atoms with van der Waals surface area (Å²) in [5.74, 6) is 1.22. The average Bonchev–Trinajstić information content (AvgIpc) is 1.60. The second-order valence-corrected chi connectivity index (χ2v) is 36.6. The van der Waals surface area contributed by atoms with Crippen molar-refractivity contribution in [1.82, 2.24) is 9.38 Å². The van der Waals surface area contributed by atoms with Crippen molar-refractivity contribution >= 4 is 23.5 Å². The van der Waals surface area contributed by atoms with Gasteiger partial charge in [-0.05, 0) is 292 Å². The third-order valence-corrected chi connectivity index (χ3v) is 21.3. The molecule has 0 atom stereocenters. The molecule has 5 aromatic rings. The van der Waals surface area contributed by atoms with Crippen molar-refractivity contribution in [3.63, 3.8) is 0 Å². The summed E-state index contributed by atoms with van der Waals surface area (Å²) in [6, 6.07) is 2.53. The lowest BCUT2D eigenvalue weighted by molar-refractivity contribution is 0.136. The third kappa shape index (κ3) is 17.6. The third-order valence-electron chi connectivity index (χ3n) is 21.3. The van der Waals surface area contributed by atoms with E-state index in [0.717, 1.165) is 24.2 Å². The van der Waals surface area contributed by atoms with Gasteiger partial charge in [0.15, 0.2) is 0 Å². The van der Waals surface area contributed by atoms with Crippen LogP contribution in [-0.2, 0) is 13.0 Å². The Kier molecular flexibility index (Phi) is 24.6. The zero-order valence-corrected chi connectivity index (χ0v) is 66.7. The first kappa shape index (κ1) is 79.2. The molecule has 0 saturated heterocycles. The predicted octanol–water partition coefficient (Wildman–Crippen LogP) is 25.4. The number of nitriles is 1. The average molecular weight is 1230 g/mol. The van der Waals surface area contributed by atoms with Crippen LogP contribution in [0.3, 0.4) is 0 Å². The van der Waals surface area contributed by atoms with Crippen LogP contribution in [0.5, 0.6) is 0 Å². The molecular formula is C86H136N4. The molecule has 0 bridgehead atoms. The molecule has 3 aromatic carbocycles. The second kappa shape index (κ2) is 27.9. The fraction of sp³-hybridized carbons (Fsp3) is 0.640. The first-order chi connectivity index (χ1) is 40.2. The number of aromatic nitrogens is 2. The van der Waals surface area contributed by atoms with Crippen LogP contribution in [0.15, 0.2) is 22.3 Å². The van der Waals surface area contributed by atoms with Gasteiger partial charge in [0.25, 0.3) is 0 Å². The molecule has 90 heavy (non-hydrogen) atoms. The number of benzene rings is 3. The number of allylic oxidation sites excluding steroid dienone is 2. The maximum Gasteiger partial charge on any atom is 0.140 e. The van der Waals surface area contributed by atoms with Crippen LogP contribution < -0.4 is 0 Å². The summed E-state index contributed by atoms with van der Waals surface area (Å²) in [5, 5.41) is 9.94.